The summed E-state index contributed by atoms with van der Waals surface area (Å²) in [7, 11) is 1.44. The normalized spacial score (nSPS) is 10.8. The van der Waals surface area contributed by atoms with E-state index in [0.29, 0.717) is 11.3 Å². The van der Waals surface area contributed by atoms with Crippen LogP contribution in [0.15, 0.2) is 39.5 Å². The molecule has 0 spiro atoms. The standard InChI is InChI=1S/C17H15NO8/c1-23-12-4-2-5-13-16(12)17(20)15-11(19)8-10(9-14(15)26-13)24-6-3-7-25-18(21)22/h2,4-5,8-9,19H,3,6-7H2,1H3. The number of phenols is 1. The summed E-state index contributed by atoms with van der Waals surface area (Å²) in [6, 6.07) is 7.70. The fourth-order valence-electron chi connectivity index (χ4n) is 2.59. The zero-order valence-electron chi connectivity index (χ0n) is 13.8. The van der Waals surface area contributed by atoms with Crippen LogP contribution in [0.1, 0.15) is 6.42 Å². The molecule has 0 saturated heterocycles. The van der Waals surface area contributed by atoms with Gasteiger partial charge in [-0.1, -0.05) is 6.07 Å². The van der Waals surface area contributed by atoms with Crippen molar-refractivity contribution in [3.8, 4) is 17.2 Å². The molecular formula is C17H15NO8. The van der Waals surface area contributed by atoms with Gasteiger partial charge in [0.1, 0.15) is 39.2 Å². The minimum atomic E-state index is -0.879. The number of methoxy groups -OCH3 is 1. The topological polar surface area (TPSA) is 121 Å². The molecule has 0 radical (unpaired) electrons. The van der Waals surface area contributed by atoms with E-state index < -0.39 is 10.5 Å². The van der Waals surface area contributed by atoms with E-state index in [1.54, 1.807) is 18.2 Å². The third-order valence-corrected chi connectivity index (χ3v) is 3.69. The zero-order chi connectivity index (χ0) is 18.7. The molecule has 1 aromatic heterocycles. The van der Waals surface area contributed by atoms with Crippen molar-refractivity contribution in [2.24, 2.45) is 0 Å². The molecule has 3 aromatic rings. The summed E-state index contributed by atoms with van der Waals surface area (Å²) in [5.41, 5.74) is 0.0622. The summed E-state index contributed by atoms with van der Waals surface area (Å²) < 4.78 is 16.3. The van der Waals surface area contributed by atoms with Crippen LogP contribution in [0, 0.1) is 10.1 Å². The van der Waals surface area contributed by atoms with Crippen LogP contribution < -0.4 is 14.9 Å². The Morgan fingerprint density at radius 3 is 2.73 bits per heavy atom. The number of nitrogens with zero attached hydrogens (tertiary/aromatic N) is 1. The van der Waals surface area contributed by atoms with E-state index in [1.165, 1.54) is 19.2 Å². The molecule has 0 unspecified atom stereocenters. The van der Waals surface area contributed by atoms with Crippen molar-refractivity contribution >= 4 is 21.9 Å². The molecule has 0 amide bonds. The van der Waals surface area contributed by atoms with Gasteiger partial charge in [0.2, 0.25) is 5.43 Å². The molecule has 0 aliphatic heterocycles. The van der Waals surface area contributed by atoms with Crippen molar-refractivity contribution in [1.82, 2.24) is 0 Å². The van der Waals surface area contributed by atoms with E-state index in [4.69, 9.17) is 13.9 Å². The van der Waals surface area contributed by atoms with Crippen LogP contribution in [0.2, 0.25) is 0 Å². The molecule has 3 rings (SSSR count). The minimum Gasteiger partial charge on any atom is -0.507 e. The van der Waals surface area contributed by atoms with Crippen LogP contribution in [0.5, 0.6) is 17.2 Å². The van der Waals surface area contributed by atoms with Gasteiger partial charge in [0.15, 0.2) is 0 Å². The molecule has 136 valence electrons. The van der Waals surface area contributed by atoms with Gasteiger partial charge in [0.05, 0.1) is 20.3 Å². The van der Waals surface area contributed by atoms with Crippen molar-refractivity contribution in [3.05, 3.63) is 50.7 Å². The largest absolute Gasteiger partial charge is 0.507 e. The smallest absolute Gasteiger partial charge is 0.294 e. The van der Waals surface area contributed by atoms with Gasteiger partial charge in [-0.25, -0.2) is 0 Å². The molecule has 0 aliphatic rings. The Morgan fingerprint density at radius 1 is 1.19 bits per heavy atom. The second-order valence-electron chi connectivity index (χ2n) is 5.34. The van der Waals surface area contributed by atoms with Gasteiger partial charge >= 0.3 is 0 Å². The van der Waals surface area contributed by atoms with Crippen molar-refractivity contribution in [1.29, 1.82) is 0 Å². The van der Waals surface area contributed by atoms with Crippen LogP contribution in [-0.4, -0.2) is 30.5 Å². The quantitative estimate of drug-likeness (QED) is 0.295. The highest BCUT2D eigenvalue weighted by Crippen LogP contribution is 2.32. The number of aromatic hydroxyl groups is 1. The first kappa shape index (κ1) is 17.3. The van der Waals surface area contributed by atoms with Gasteiger partial charge in [-0.2, -0.15) is 0 Å². The Balaban J connectivity index is 1.95. The van der Waals surface area contributed by atoms with Crippen LogP contribution >= 0.6 is 0 Å². The van der Waals surface area contributed by atoms with Gasteiger partial charge in [-0.05, 0) is 12.1 Å². The van der Waals surface area contributed by atoms with Crippen LogP contribution in [0.3, 0.4) is 0 Å². The summed E-state index contributed by atoms with van der Waals surface area (Å²) in [5, 5.41) is 19.7. The van der Waals surface area contributed by atoms with Crippen LogP contribution in [0.4, 0.5) is 0 Å². The molecule has 0 aliphatic carbocycles. The van der Waals surface area contributed by atoms with Crippen molar-refractivity contribution < 1.29 is 28.9 Å². The number of rotatable bonds is 7. The number of benzene rings is 2. The average molecular weight is 361 g/mol. The van der Waals surface area contributed by atoms with E-state index in [1.807, 2.05) is 0 Å². The maximum absolute atomic E-state index is 12.7. The van der Waals surface area contributed by atoms with E-state index in [9.17, 15) is 20.0 Å². The summed E-state index contributed by atoms with van der Waals surface area (Å²) in [4.78, 5) is 27.0. The molecule has 26 heavy (non-hydrogen) atoms. The SMILES string of the molecule is COc1cccc2oc3cc(OCCCO[N+](=O)[O-])cc(O)c3c(=O)c12. The number of ether oxygens (including phenoxy) is 2. The first-order valence-corrected chi connectivity index (χ1v) is 7.68. The molecule has 9 nitrogen and oxygen atoms in total. The highest BCUT2D eigenvalue weighted by atomic mass is 16.9. The van der Waals surface area contributed by atoms with Crippen molar-refractivity contribution in [2.45, 2.75) is 6.42 Å². The number of phenolic OH excluding ortho intramolecular Hbond substituents is 1. The van der Waals surface area contributed by atoms with Crippen LogP contribution in [0.25, 0.3) is 21.9 Å². The predicted octanol–water partition coefficient (Wildman–Crippen LogP) is 2.64. The second kappa shape index (κ2) is 7.18. The maximum Gasteiger partial charge on any atom is 0.294 e. The first-order chi connectivity index (χ1) is 12.5. The van der Waals surface area contributed by atoms with Crippen molar-refractivity contribution in [3.63, 3.8) is 0 Å². The Bertz CT molecular complexity index is 1030. The van der Waals surface area contributed by atoms with Gasteiger partial charge in [-0.3, -0.25) is 4.79 Å². The molecule has 0 atom stereocenters. The highest BCUT2D eigenvalue weighted by molar-refractivity contribution is 5.96. The summed E-state index contributed by atoms with van der Waals surface area (Å²) in [6.07, 6.45) is 0.276. The second-order valence-corrected chi connectivity index (χ2v) is 5.34. The predicted molar refractivity (Wildman–Crippen MR) is 91.3 cm³/mol. The number of fused-ring (bicyclic) bond motifs is 2. The molecular weight excluding hydrogens is 346 g/mol. The first-order valence-electron chi connectivity index (χ1n) is 7.68. The van der Waals surface area contributed by atoms with Gasteiger partial charge in [-0.15, -0.1) is 10.1 Å². The van der Waals surface area contributed by atoms with Crippen molar-refractivity contribution in [2.75, 3.05) is 20.3 Å². The molecule has 9 heteroatoms. The van der Waals surface area contributed by atoms with Gasteiger partial charge in [0.25, 0.3) is 5.09 Å². The van der Waals surface area contributed by atoms with E-state index >= 15 is 0 Å². The molecule has 1 N–H and O–H groups in total. The van der Waals surface area contributed by atoms with E-state index in [2.05, 4.69) is 4.84 Å². The molecule has 0 bridgehead atoms. The van der Waals surface area contributed by atoms with E-state index in [-0.39, 0.29) is 47.5 Å². The fraction of sp³-hybridized carbons (Fsp3) is 0.235. The monoisotopic (exact) mass is 361 g/mol. The lowest BCUT2D eigenvalue weighted by Crippen LogP contribution is -2.07. The number of hydrogen-bond acceptors (Lipinski definition) is 8. The molecule has 1 heterocycles. The Labute approximate surface area is 146 Å². The fourth-order valence-corrected chi connectivity index (χ4v) is 2.59. The highest BCUT2D eigenvalue weighted by Gasteiger charge is 2.16. The lowest BCUT2D eigenvalue weighted by atomic mass is 10.1. The summed E-state index contributed by atoms with van der Waals surface area (Å²) in [6.45, 7) is 0.0243. The van der Waals surface area contributed by atoms with Crippen LogP contribution in [-0.2, 0) is 4.84 Å². The van der Waals surface area contributed by atoms with Gasteiger partial charge < -0.3 is 23.8 Å². The minimum absolute atomic E-state index is 0.0195. The lowest BCUT2D eigenvalue weighted by Gasteiger charge is -2.10. The third kappa shape index (κ3) is 3.32. The molecule has 2 aromatic carbocycles. The zero-order valence-corrected chi connectivity index (χ0v) is 13.8. The molecule has 0 fully saturated rings. The van der Waals surface area contributed by atoms with E-state index in [0.717, 1.165) is 0 Å². The lowest BCUT2D eigenvalue weighted by molar-refractivity contribution is -0.757. The Hall–Kier alpha value is -3.49. The summed E-state index contributed by atoms with van der Waals surface area (Å²) in [5.74, 6) is 0.325. The molecule has 0 saturated carbocycles. The average Bonchev–Trinajstić information content (AvgIpc) is 2.60. The Kier molecular flexibility index (Phi) is 4.78. The Morgan fingerprint density at radius 2 is 2.00 bits per heavy atom. The van der Waals surface area contributed by atoms with Gasteiger partial charge in [0, 0.05) is 18.6 Å². The maximum atomic E-state index is 12.7. The summed E-state index contributed by atoms with van der Waals surface area (Å²) >= 11 is 0. The number of hydrogen-bond donors (Lipinski definition) is 1. The third-order valence-electron chi connectivity index (χ3n) is 3.69.